The van der Waals surface area contributed by atoms with Crippen LogP contribution < -0.4 is 5.32 Å². The number of aromatic nitrogens is 2. The van der Waals surface area contributed by atoms with Crippen LogP contribution in [0.25, 0.3) is 0 Å². The first-order valence-electron chi connectivity index (χ1n) is 5.17. The monoisotopic (exact) mass is 193 g/mol. The van der Waals surface area contributed by atoms with Crippen molar-refractivity contribution in [1.29, 1.82) is 0 Å². The van der Waals surface area contributed by atoms with Crippen molar-refractivity contribution < 1.29 is 0 Å². The fourth-order valence-electron chi connectivity index (χ4n) is 1.26. The summed E-state index contributed by atoms with van der Waals surface area (Å²) in [4.78, 5) is 8.72. The van der Waals surface area contributed by atoms with E-state index in [1.165, 1.54) is 0 Å². The lowest BCUT2D eigenvalue weighted by molar-refractivity contribution is 0.572. The molecule has 1 heterocycles. The van der Waals surface area contributed by atoms with Crippen LogP contribution in [0.1, 0.15) is 31.8 Å². The zero-order valence-corrected chi connectivity index (χ0v) is 9.25. The molecule has 0 aliphatic heterocycles. The number of hydrogen-bond donors (Lipinski definition) is 1. The van der Waals surface area contributed by atoms with Crippen molar-refractivity contribution in [3.63, 3.8) is 0 Å². The molecule has 0 spiro atoms. The highest BCUT2D eigenvalue weighted by atomic mass is 14.9. The fraction of sp³-hybridized carbons (Fsp3) is 0.636. The predicted octanol–water partition coefficient (Wildman–Crippen LogP) is 1.78. The van der Waals surface area contributed by atoms with Gasteiger partial charge >= 0.3 is 0 Å². The number of hydrogen-bond acceptors (Lipinski definition) is 3. The molecule has 0 unspecified atom stereocenters. The quantitative estimate of drug-likeness (QED) is 0.774. The summed E-state index contributed by atoms with van der Waals surface area (Å²) in [6.45, 7) is 5.26. The predicted molar refractivity (Wildman–Crippen MR) is 58.0 cm³/mol. The average Bonchev–Trinajstić information content (AvgIpc) is 2.16. The minimum atomic E-state index is 0.714. The van der Waals surface area contributed by atoms with Crippen molar-refractivity contribution >= 4 is 0 Å². The van der Waals surface area contributed by atoms with E-state index in [1.807, 2.05) is 19.3 Å². The normalized spacial score (nSPS) is 10.9. The van der Waals surface area contributed by atoms with Crippen LogP contribution in [0.4, 0.5) is 0 Å². The highest BCUT2D eigenvalue weighted by molar-refractivity contribution is 5.02. The van der Waals surface area contributed by atoms with Crippen molar-refractivity contribution in [2.45, 2.75) is 33.2 Å². The molecule has 0 amide bonds. The van der Waals surface area contributed by atoms with Crippen molar-refractivity contribution in [3.8, 4) is 0 Å². The molecular formula is C11H19N3. The van der Waals surface area contributed by atoms with E-state index in [9.17, 15) is 0 Å². The smallest absolute Gasteiger partial charge is 0.128 e. The van der Waals surface area contributed by atoms with Crippen LogP contribution in [0.5, 0.6) is 0 Å². The molecule has 0 bridgehead atoms. The summed E-state index contributed by atoms with van der Waals surface area (Å²) in [5.41, 5.74) is 1.07. The first-order chi connectivity index (χ1) is 6.72. The Morgan fingerprint density at radius 3 is 2.86 bits per heavy atom. The van der Waals surface area contributed by atoms with E-state index in [0.29, 0.717) is 5.92 Å². The van der Waals surface area contributed by atoms with Gasteiger partial charge in [-0.3, -0.25) is 0 Å². The lowest BCUT2D eigenvalue weighted by Gasteiger charge is -2.05. The molecule has 0 aliphatic rings. The molecule has 0 atom stereocenters. The van der Waals surface area contributed by atoms with E-state index < -0.39 is 0 Å². The zero-order valence-electron chi connectivity index (χ0n) is 9.25. The van der Waals surface area contributed by atoms with Gasteiger partial charge in [-0.2, -0.15) is 0 Å². The topological polar surface area (TPSA) is 37.8 Å². The van der Waals surface area contributed by atoms with E-state index in [4.69, 9.17) is 0 Å². The Hall–Kier alpha value is -0.960. The third-order valence-corrected chi connectivity index (χ3v) is 2.07. The number of aryl methyl sites for hydroxylation is 1. The van der Waals surface area contributed by atoms with Gasteiger partial charge in [0.2, 0.25) is 0 Å². The minimum absolute atomic E-state index is 0.714. The molecule has 1 aromatic rings. The van der Waals surface area contributed by atoms with E-state index in [0.717, 1.165) is 30.9 Å². The van der Waals surface area contributed by atoms with Crippen LogP contribution >= 0.6 is 0 Å². The molecule has 0 radical (unpaired) electrons. The fourth-order valence-corrected chi connectivity index (χ4v) is 1.26. The molecule has 1 aromatic heterocycles. The lowest BCUT2D eigenvalue weighted by Crippen LogP contribution is -2.09. The summed E-state index contributed by atoms with van der Waals surface area (Å²) >= 11 is 0. The second-order valence-electron chi connectivity index (χ2n) is 3.93. The molecule has 14 heavy (non-hydrogen) atoms. The zero-order chi connectivity index (χ0) is 10.4. The molecule has 1 rings (SSSR count). The Balaban J connectivity index is 2.54. The van der Waals surface area contributed by atoms with Gasteiger partial charge in [-0.05, 0) is 25.5 Å². The van der Waals surface area contributed by atoms with Gasteiger partial charge in [0.25, 0.3) is 0 Å². The molecule has 0 aliphatic carbocycles. The van der Waals surface area contributed by atoms with Crippen molar-refractivity contribution in [2.24, 2.45) is 5.92 Å². The molecular weight excluding hydrogens is 174 g/mol. The van der Waals surface area contributed by atoms with Crippen molar-refractivity contribution in [3.05, 3.63) is 23.8 Å². The van der Waals surface area contributed by atoms with Crippen LogP contribution in [-0.4, -0.2) is 17.0 Å². The van der Waals surface area contributed by atoms with Crippen molar-refractivity contribution in [1.82, 2.24) is 15.3 Å². The van der Waals surface area contributed by atoms with Gasteiger partial charge in [-0.15, -0.1) is 0 Å². The Bertz CT molecular complexity index is 271. The molecule has 1 N–H and O–H groups in total. The van der Waals surface area contributed by atoms with Gasteiger partial charge in [0, 0.05) is 19.2 Å². The summed E-state index contributed by atoms with van der Waals surface area (Å²) in [6.07, 6.45) is 3.98. The van der Waals surface area contributed by atoms with Gasteiger partial charge in [0.1, 0.15) is 5.82 Å². The van der Waals surface area contributed by atoms with Crippen LogP contribution in [0, 0.1) is 5.92 Å². The van der Waals surface area contributed by atoms with Crippen LogP contribution in [-0.2, 0) is 13.0 Å². The highest BCUT2D eigenvalue weighted by Crippen LogP contribution is 2.05. The highest BCUT2D eigenvalue weighted by Gasteiger charge is 2.00. The summed E-state index contributed by atoms with van der Waals surface area (Å²) < 4.78 is 0. The van der Waals surface area contributed by atoms with E-state index in [1.54, 1.807) is 0 Å². The first kappa shape index (κ1) is 11.1. The largest absolute Gasteiger partial charge is 0.314 e. The molecule has 0 saturated heterocycles. The maximum atomic E-state index is 4.46. The minimum Gasteiger partial charge on any atom is -0.314 e. The van der Waals surface area contributed by atoms with E-state index in [2.05, 4.69) is 29.1 Å². The summed E-state index contributed by atoms with van der Waals surface area (Å²) in [5, 5.41) is 3.09. The molecule has 78 valence electrons. The summed E-state index contributed by atoms with van der Waals surface area (Å²) in [7, 11) is 1.93. The maximum absolute atomic E-state index is 4.46. The first-order valence-corrected chi connectivity index (χ1v) is 5.17. The molecule has 0 aromatic carbocycles. The van der Waals surface area contributed by atoms with Gasteiger partial charge in [-0.1, -0.05) is 13.8 Å². The number of rotatable bonds is 5. The molecule has 3 heteroatoms. The SMILES string of the molecule is CNCc1ccnc(CCC(C)C)n1. The van der Waals surface area contributed by atoms with Gasteiger partial charge in [0.05, 0.1) is 5.69 Å². The molecule has 3 nitrogen and oxygen atoms in total. The summed E-state index contributed by atoms with van der Waals surface area (Å²) in [5.74, 6) is 1.68. The van der Waals surface area contributed by atoms with Crippen LogP contribution in [0.3, 0.4) is 0 Å². The van der Waals surface area contributed by atoms with Gasteiger partial charge in [-0.25, -0.2) is 9.97 Å². The second kappa shape index (κ2) is 5.70. The van der Waals surface area contributed by atoms with E-state index in [-0.39, 0.29) is 0 Å². The Morgan fingerprint density at radius 2 is 2.21 bits per heavy atom. The summed E-state index contributed by atoms with van der Waals surface area (Å²) in [6, 6.07) is 1.95. The lowest BCUT2D eigenvalue weighted by atomic mass is 10.1. The Labute approximate surface area is 86.0 Å². The third kappa shape index (κ3) is 3.83. The van der Waals surface area contributed by atoms with Crippen LogP contribution in [0.2, 0.25) is 0 Å². The Kier molecular flexibility index (Phi) is 4.53. The Morgan fingerprint density at radius 1 is 1.43 bits per heavy atom. The maximum Gasteiger partial charge on any atom is 0.128 e. The van der Waals surface area contributed by atoms with Crippen LogP contribution in [0.15, 0.2) is 12.3 Å². The van der Waals surface area contributed by atoms with Crippen molar-refractivity contribution in [2.75, 3.05) is 7.05 Å². The van der Waals surface area contributed by atoms with Gasteiger partial charge < -0.3 is 5.32 Å². The standard InChI is InChI=1S/C11H19N3/c1-9(2)4-5-11-13-7-6-10(14-11)8-12-3/h6-7,9,12H,4-5,8H2,1-3H3. The molecule has 0 saturated carbocycles. The van der Waals surface area contributed by atoms with E-state index >= 15 is 0 Å². The second-order valence-corrected chi connectivity index (χ2v) is 3.93. The van der Waals surface area contributed by atoms with Gasteiger partial charge in [0.15, 0.2) is 0 Å². The number of nitrogens with one attached hydrogen (secondary N) is 1. The number of nitrogens with zero attached hydrogens (tertiary/aromatic N) is 2. The average molecular weight is 193 g/mol. The molecule has 0 fully saturated rings. The third-order valence-electron chi connectivity index (χ3n) is 2.07.